The smallest absolute Gasteiger partial charge is 0.240 e. The zero-order valence-corrected chi connectivity index (χ0v) is 13.8. The van der Waals surface area contributed by atoms with Gasteiger partial charge in [0.1, 0.15) is 0 Å². The average molecular weight is 320 g/mol. The SMILES string of the molecule is CCc1ccc(S(=O)(=O)NCc2ccnc(N(C)C)n2)cc1. The lowest BCUT2D eigenvalue weighted by atomic mass is 10.2. The highest BCUT2D eigenvalue weighted by Gasteiger charge is 2.14. The molecule has 0 aliphatic rings. The molecule has 1 heterocycles. The van der Waals surface area contributed by atoms with Gasteiger partial charge in [-0.3, -0.25) is 0 Å². The molecule has 22 heavy (non-hydrogen) atoms. The monoisotopic (exact) mass is 320 g/mol. The van der Waals surface area contributed by atoms with Crippen LogP contribution in [0.4, 0.5) is 5.95 Å². The van der Waals surface area contributed by atoms with Crippen LogP contribution in [-0.2, 0) is 23.0 Å². The summed E-state index contributed by atoms with van der Waals surface area (Å²) in [6.07, 6.45) is 2.49. The molecule has 0 bridgehead atoms. The second-order valence-electron chi connectivity index (χ2n) is 5.06. The van der Waals surface area contributed by atoms with Crippen LogP contribution in [0.1, 0.15) is 18.2 Å². The summed E-state index contributed by atoms with van der Waals surface area (Å²) in [5.74, 6) is 0.545. The molecule has 7 heteroatoms. The number of rotatable bonds is 6. The minimum atomic E-state index is -3.54. The van der Waals surface area contributed by atoms with Gasteiger partial charge in [0.25, 0.3) is 0 Å². The summed E-state index contributed by atoms with van der Waals surface area (Å²) in [6, 6.07) is 8.57. The van der Waals surface area contributed by atoms with E-state index in [-0.39, 0.29) is 11.4 Å². The summed E-state index contributed by atoms with van der Waals surface area (Å²) in [7, 11) is 0.123. The van der Waals surface area contributed by atoms with Crippen molar-refractivity contribution >= 4 is 16.0 Å². The predicted molar refractivity (Wildman–Crippen MR) is 86.2 cm³/mol. The number of benzene rings is 1. The third kappa shape index (κ3) is 4.02. The van der Waals surface area contributed by atoms with Gasteiger partial charge in [-0.25, -0.2) is 23.1 Å². The average Bonchev–Trinajstić information content (AvgIpc) is 2.53. The Kier molecular flexibility index (Phi) is 5.10. The summed E-state index contributed by atoms with van der Waals surface area (Å²) in [5, 5.41) is 0. The summed E-state index contributed by atoms with van der Waals surface area (Å²) >= 11 is 0. The van der Waals surface area contributed by atoms with Crippen molar-refractivity contribution in [2.24, 2.45) is 0 Å². The lowest BCUT2D eigenvalue weighted by molar-refractivity contribution is 0.580. The summed E-state index contributed by atoms with van der Waals surface area (Å²) < 4.78 is 27.1. The molecule has 0 saturated heterocycles. The second kappa shape index (κ2) is 6.85. The Labute approximate surface area is 131 Å². The Bertz CT molecular complexity index is 727. The van der Waals surface area contributed by atoms with E-state index in [0.717, 1.165) is 12.0 Å². The van der Waals surface area contributed by atoms with Crippen LogP contribution in [0.15, 0.2) is 41.4 Å². The highest BCUT2D eigenvalue weighted by molar-refractivity contribution is 7.89. The Morgan fingerprint density at radius 2 is 1.82 bits per heavy atom. The van der Waals surface area contributed by atoms with Gasteiger partial charge in [-0.1, -0.05) is 19.1 Å². The van der Waals surface area contributed by atoms with Crippen LogP contribution in [0.3, 0.4) is 0 Å². The molecule has 6 nitrogen and oxygen atoms in total. The molecule has 1 aromatic heterocycles. The summed E-state index contributed by atoms with van der Waals surface area (Å²) in [5.41, 5.74) is 1.72. The van der Waals surface area contributed by atoms with E-state index in [1.807, 2.05) is 33.2 Å². The number of sulfonamides is 1. The van der Waals surface area contributed by atoms with Crippen LogP contribution in [0.2, 0.25) is 0 Å². The molecule has 0 amide bonds. The van der Waals surface area contributed by atoms with Crippen LogP contribution < -0.4 is 9.62 Å². The highest BCUT2D eigenvalue weighted by atomic mass is 32.2. The molecule has 1 aromatic carbocycles. The molecular weight excluding hydrogens is 300 g/mol. The van der Waals surface area contributed by atoms with E-state index in [1.165, 1.54) is 0 Å². The molecule has 118 valence electrons. The van der Waals surface area contributed by atoms with Gasteiger partial charge in [0.05, 0.1) is 17.1 Å². The van der Waals surface area contributed by atoms with Crippen LogP contribution in [0.25, 0.3) is 0 Å². The third-order valence-electron chi connectivity index (χ3n) is 3.19. The zero-order chi connectivity index (χ0) is 16.2. The topological polar surface area (TPSA) is 75.2 Å². The van der Waals surface area contributed by atoms with Crippen molar-refractivity contribution in [1.29, 1.82) is 0 Å². The van der Waals surface area contributed by atoms with Gasteiger partial charge in [-0.05, 0) is 30.2 Å². The molecule has 2 aromatic rings. The lowest BCUT2D eigenvalue weighted by Gasteiger charge is -2.11. The normalized spacial score (nSPS) is 11.4. The van der Waals surface area contributed by atoms with Gasteiger partial charge in [-0.15, -0.1) is 0 Å². The van der Waals surface area contributed by atoms with E-state index in [4.69, 9.17) is 0 Å². The largest absolute Gasteiger partial charge is 0.347 e. The van der Waals surface area contributed by atoms with E-state index in [9.17, 15) is 8.42 Å². The second-order valence-corrected chi connectivity index (χ2v) is 6.83. The van der Waals surface area contributed by atoms with Gasteiger partial charge in [0.15, 0.2) is 0 Å². The maximum Gasteiger partial charge on any atom is 0.240 e. The van der Waals surface area contributed by atoms with E-state index in [1.54, 1.807) is 29.3 Å². The fourth-order valence-corrected chi connectivity index (χ4v) is 2.85. The first kappa shape index (κ1) is 16.4. The first-order valence-corrected chi connectivity index (χ1v) is 8.48. The van der Waals surface area contributed by atoms with Crippen LogP contribution in [0.5, 0.6) is 0 Å². The standard InChI is InChI=1S/C15H20N4O2S/c1-4-12-5-7-14(8-6-12)22(20,21)17-11-13-9-10-16-15(18-13)19(2)3/h5-10,17H,4,11H2,1-3H3. The molecule has 0 unspecified atom stereocenters. The molecule has 0 aliphatic heterocycles. The number of hydrogen-bond donors (Lipinski definition) is 1. The molecular formula is C15H20N4O2S. The van der Waals surface area contributed by atoms with E-state index >= 15 is 0 Å². The van der Waals surface area contributed by atoms with Crippen molar-refractivity contribution < 1.29 is 8.42 Å². The van der Waals surface area contributed by atoms with Gasteiger partial charge in [0, 0.05) is 20.3 Å². The zero-order valence-electron chi connectivity index (χ0n) is 12.9. The van der Waals surface area contributed by atoms with E-state index in [2.05, 4.69) is 14.7 Å². The lowest BCUT2D eigenvalue weighted by Crippen LogP contribution is -2.24. The molecule has 0 saturated carbocycles. The number of aromatic nitrogens is 2. The predicted octanol–water partition coefficient (Wildman–Crippen LogP) is 1.58. The number of hydrogen-bond acceptors (Lipinski definition) is 5. The Hall–Kier alpha value is -1.99. The van der Waals surface area contributed by atoms with Gasteiger partial charge >= 0.3 is 0 Å². The van der Waals surface area contributed by atoms with Crippen molar-refractivity contribution in [3.63, 3.8) is 0 Å². The van der Waals surface area contributed by atoms with Gasteiger partial charge in [-0.2, -0.15) is 0 Å². The quantitative estimate of drug-likeness (QED) is 0.874. The Balaban J connectivity index is 2.10. The molecule has 0 radical (unpaired) electrons. The fourth-order valence-electron chi connectivity index (χ4n) is 1.86. The highest BCUT2D eigenvalue weighted by Crippen LogP contribution is 2.12. The van der Waals surface area contributed by atoms with Crippen molar-refractivity contribution in [1.82, 2.24) is 14.7 Å². The number of anilines is 1. The van der Waals surface area contributed by atoms with Crippen LogP contribution >= 0.6 is 0 Å². The third-order valence-corrected chi connectivity index (χ3v) is 4.60. The summed E-state index contributed by atoms with van der Waals surface area (Å²) in [6.45, 7) is 2.15. The number of nitrogens with one attached hydrogen (secondary N) is 1. The van der Waals surface area contributed by atoms with Crippen molar-refractivity contribution in [3.05, 3.63) is 47.8 Å². The first-order chi connectivity index (χ1) is 10.4. The molecule has 2 rings (SSSR count). The Morgan fingerprint density at radius 3 is 2.41 bits per heavy atom. The number of nitrogens with zero attached hydrogens (tertiary/aromatic N) is 3. The molecule has 0 aliphatic carbocycles. The molecule has 0 spiro atoms. The van der Waals surface area contributed by atoms with Crippen molar-refractivity contribution in [2.45, 2.75) is 24.8 Å². The van der Waals surface area contributed by atoms with Gasteiger partial charge < -0.3 is 4.90 Å². The number of aryl methyl sites for hydroxylation is 1. The summed E-state index contributed by atoms with van der Waals surface area (Å²) in [4.78, 5) is 10.4. The molecule has 0 fully saturated rings. The van der Waals surface area contributed by atoms with Crippen LogP contribution in [0, 0.1) is 0 Å². The first-order valence-electron chi connectivity index (χ1n) is 7.00. The maximum absolute atomic E-state index is 12.3. The minimum absolute atomic E-state index is 0.126. The van der Waals surface area contributed by atoms with Crippen molar-refractivity contribution in [2.75, 3.05) is 19.0 Å². The maximum atomic E-state index is 12.3. The van der Waals surface area contributed by atoms with Crippen LogP contribution in [-0.4, -0.2) is 32.5 Å². The van der Waals surface area contributed by atoms with E-state index in [0.29, 0.717) is 11.6 Å². The van der Waals surface area contributed by atoms with E-state index < -0.39 is 10.0 Å². The van der Waals surface area contributed by atoms with Gasteiger partial charge in [0.2, 0.25) is 16.0 Å². The van der Waals surface area contributed by atoms with Crippen molar-refractivity contribution in [3.8, 4) is 0 Å². The fraction of sp³-hybridized carbons (Fsp3) is 0.333. The Morgan fingerprint density at radius 1 is 1.14 bits per heavy atom. The minimum Gasteiger partial charge on any atom is -0.347 e. The molecule has 1 N–H and O–H groups in total. The molecule has 0 atom stereocenters.